The van der Waals surface area contributed by atoms with Crippen LogP contribution in [0.3, 0.4) is 0 Å². The molecule has 1 fully saturated rings. The molecule has 1 aliphatic heterocycles. The molecule has 6 nitrogen and oxygen atoms in total. The summed E-state index contributed by atoms with van der Waals surface area (Å²) < 4.78 is 5.39. The Kier molecular flexibility index (Phi) is 4.07. The van der Waals surface area contributed by atoms with E-state index in [4.69, 9.17) is 4.42 Å². The van der Waals surface area contributed by atoms with Crippen LogP contribution in [0.4, 0.5) is 5.82 Å². The highest BCUT2D eigenvalue weighted by Crippen LogP contribution is 2.22. The van der Waals surface area contributed by atoms with E-state index in [-0.39, 0.29) is 0 Å². The molecular formula is C16H19N5O. The van der Waals surface area contributed by atoms with E-state index >= 15 is 0 Å². The van der Waals surface area contributed by atoms with Crippen molar-refractivity contribution in [1.82, 2.24) is 15.1 Å². The Morgan fingerprint density at radius 1 is 1.23 bits per heavy atom. The third-order valence-corrected chi connectivity index (χ3v) is 4.18. The summed E-state index contributed by atoms with van der Waals surface area (Å²) in [4.78, 5) is 4.49. The maximum absolute atomic E-state index is 9.41. The summed E-state index contributed by atoms with van der Waals surface area (Å²) in [6, 6.07) is 6.18. The number of piperazine rings is 1. The van der Waals surface area contributed by atoms with Crippen LogP contribution in [0, 0.1) is 25.2 Å². The monoisotopic (exact) mass is 297 g/mol. The quantitative estimate of drug-likeness (QED) is 0.861. The molecule has 1 aliphatic rings. The highest BCUT2D eigenvalue weighted by Gasteiger charge is 2.22. The molecule has 0 aromatic carbocycles. The van der Waals surface area contributed by atoms with Gasteiger partial charge in [0, 0.05) is 26.2 Å². The number of anilines is 1. The Labute approximate surface area is 130 Å². The van der Waals surface area contributed by atoms with Crippen molar-refractivity contribution in [2.24, 2.45) is 0 Å². The predicted molar refractivity (Wildman–Crippen MR) is 82.4 cm³/mol. The average molecular weight is 297 g/mol. The maximum atomic E-state index is 9.41. The highest BCUT2D eigenvalue weighted by atomic mass is 16.3. The fraction of sp³-hybridized carbons (Fsp3) is 0.438. The molecule has 22 heavy (non-hydrogen) atoms. The number of nitrogens with zero attached hydrogens (tertiary/aromatic N) is 5. The molecule has 0 spiro atoms. The minimum Gasteiger partial charge on any atom is -0.468 e. The van der Waals surface area contributed by atoms with E-state index in [1.54, 1.807) is 6.26 Å². The molecule has 0 N–H and O–H groups in total. The Balaban J connectivity index is 1.69. The van der Waals surface area contributed by atoms with Gasteiger partial charge in [0.2, 0.25) is 0 Å². The Hall–Kier alpha value is -2.39. The molecule has 0 atom stereocenters. The fourth-order valence-corrected chi connectivity index (χ4v) is 2.69. The third kappa shape index (κ3) is 2.81. The van der Waals surface area contributed by atoms with E-state index in [9.17, 15) is 5.26 Å². The molecular weight excluding hydrogens is 278 g/mol. The van der Waals surface area contributed by atoms with Gasteiger partial charge >= 0.3 is 0 Å². The van der Waals surface area contributed by atoms with Crippen molar-refractivity contribution >= 4 is 5.82 Å². The van der Waals surface area contributed by atoms with Gasteiger partial charge in [-0.2, -0.15) is 10.4 Å². The molecule has 2 aromatic rings. The van der Waals surface area contributed by atoms with Crippen LogP contribution in [0.25, 0.3) is 0 Å². The van der Waals surface area contributed by atoms with Crippen LogP contribution in [0.2, 0.25) is 0 Å². The van der Waals surface area contributed by atoms with Crippen LogP contribution < -0.4 is 4.90 Å². The maximum Gasteiger partial charge on any atom is 0.169 e. The first-order valence-corrected chi connectivity index (χ1v) is 7.42. The SMILES string of the molecule is Cc1nnc(N2CCN(Cc3ccco3)CC2)c(C#N)c1C. The predicted octanol–water partition coefficient (Wildman–Crippen LogP) is 1.88. The van der Waals surface area contributed by atoms with Crippen LogP contribution in [0.1, 0.15) is 22.6 Å². The fourth-order valence-electron chi connectivity index (χ4n) is 2.69. The number of furan rings is 1. The van der Waals surface area contributed by atoms with E-state index in [1.807, 2.05) is 26.0 Å². The molecule has 114 valence electrons. The number of aryl methyl sites for hydroxylation is 1. The van der Waals surface area contributed by atoms with Crippen LogP contribution in [0.5, 0.6) is 0 Å². The van der Waals surface area contributed by atoms with Gasteiger partial charge in [0.25, 0.3) is 0 Å². The second kappa shape index (κ2) is 6.16. The Bertz CT molecular complexity index is 681. The van der Waals surface area contributed by atoms with Gasteiger partial charge in [-0.1, -0.05) is 0 Å². The standard InChI is InChI=1S/C16H19N5O/c1-12-13(2)18-19-16(15(12)10-17)21-7-5-20(6-8-21)11-14-4-3-9-22-14/h3-4,9H,5-8,11H2,1-2H3. The van der Waals surface area contributed by atoms with Gasteiger partial charge in [0.15, 0.2) is 5.82 Å². The number of rotatable bonds is 3. The van der Waals surface area contributed by atoms with E-state index in [2.05, 4.69) is 26.1 Å². The van der Waals surface area contributed by atoms with Crippen LogP contribution in [0.15, 0.2) is 22.8 Å². The smallest absolute Gasteiger partial charge is 0.169 e. The molecule has 0 aliphatic carbocycles. The van der Waals surface area contributed by atoms with Crippen molar-refractivity contribution in [1.29, 1.82) is 5.26 Å². The number of aromatic nitrogens is 2. The van der Waals surface area contributed by atoms with Gasteiger partial charge in [-0.3, -0.25) is 4.90 Å². The summed E-state index contributed by atoms with van der Waals surface area (Å²) in [5, 5.41) is 17.8. The van der Waals surface area contributed by atoms with E-state index in [1.165, 1.54) is 0 Å². The Morgan fingerprint density at radius 3 is 2.64 bits per heavy atom. The summed E-state index contributed by atoms with van der Waals surface area (Å²) >= 11 is 0. The van der Waals surface area contributed by atoms with Gasteiger partial charge in [0.05, 0.1) is 18.5 Å². The number of nitriles is 1. The average Bonchev–Trinajstić information content (AvgIpc) is 3.04. The molecule has 3 rings (SSSR count). The first kappa shape index (κ1) is 14.5. The zero-order chi connectivity index (χ0) is 15.5. The molecule has 0 saturated carbocycles. The second-order valence-electron chi connectivity index (χ2n) is 5.56. The largest absolute Gasteiger partial charge is 0.468 e. The molecule has 0 bridgehead atoms. The third-order valence-electron chi connectivity index (χ3n) is 4.18. The Morgan fingerprint density at radius 2 is 2.00 bits per heavy atom. The lowest BCUT2D eigenvalue weighted by Gasteiger charge is -2.35. The molecule has 3 heterocycles. The minimum atomic E-state index is 0.645. The molecule has 0 unspecified atom stereocenters. The van der Waals surface area contributed by atoms with Crippen LogP contribution >= 0.6 is 0 Å². The van der Waals surface area contributed by atoms with Crippen molar-refractivity contribution in [2.45, 2.75) is 20.4 Å². The van der Waals surface area contributed by atoms with Crippen molar-refractivity contribution in [2.75, 3.05) is 31.1 Å². The summed E-state index contributed by atoms with van der Waals surface area (Å²) in [6.07, 6.45) is 1.70. The molecule has 2 aromatic heterocycles. The zero-order valence-electron chi connectivity index (χ0n) is 12.9. The van der Waals surface area contributed by atoms with Crippen molar-refractivity contribution in [3.63, 3.8) is 0 Å². The van der Waals surface area contributed by atoms with Gasteiger partial charge < -0.3 is 9.32 Å². The van der Waals surface area contributed by atoms with E-state index < -0.39 is 0 Å². The lowest BCUT2D eigenvalue weighted by Crippen LogP contribution is -2.46. The topological polar surface area (TPSA) is 69.2 Å². The summed E-state index contributed by atoms with van der Waals surface area (Å²) in [6.45, 7) is 8.15. The lowest BCUT2D eigenvalue weighted by molar-refractivity contribution is 0.230. The first-order valence-electron chi connectivity index (χ1n) is 7.42. The van der Waals surface area contributed by atoms with Gasteiger partial charge in [-0.25, -0.2) is 0 Å². The zero-order valence-corrected chi connectivity index (χ0v) is 12.9. The van der Waals surface area contributed by atoms with E-state index in [0.29, 0.717) is 11.4 Å². The molecule has 0 radical (unpaired) electrons. The van der Waals surface area contributed by atoms with Crippen molar-refractivity contribution in [3.8, 4) is 6.07 Å². The summed E-state index contributed by atoms with van der Waals surface area (Å²) in [5.41, 5.74) is 2.38. The molecule has 6 heteroatoms. The van der Waals surface area contributed by atoms with E-state index in [0.717, 1.165) is 49.7 Å². The minimum absolute atomic E-state index is 0.645. The number of hydrogen-bond acceptors (Lipinski definition) is 6. The number of hydrogen-bond donors (Lipinski definition) is 0. The van der Waals surface area contributed by atoms with Gasteiger partial charge in [-0.15, -0.1) is 5.10 Å². The van der Waals surface area contributed by atoms with Crippen molar-refractivity contribution < 1.29 is 4.42 Å². The molecule has 0 amide bonds. The first-order chi connectivity index (χ1) is 10.7. The van der Waals surface area contributed by atoms with Crippen LogP contribution in [-0.2, 0) is 6.54 Å². The summed E-state index contributed by atoms with van der Waals surface area (Å²) in [7, 11) is 0. The normalized spacial score (nSPS) is 15.8. The van der Waals surface area contributed by atoms with Crippen LogP contribution in [-0.4, -0.2) is 41.3 Å². The molecule has 1 saturated heterocycles. The summed E-state index contributed by atoms with van der Waals surface area (Å²) in [5.74, 6) is 1.69. The highest BCUT2D eigenvalue weighted by molar-refractivity contribution is 5.57. The van der Waals surface area contributed by atoms with Gasteiger partial charge in [0.1, 0.15) is 17.4 Å². The van der Waals surface area contributed by atoms with Crippen molar-refractivity contribution in [3.05, 3.63) is 41.0 Å². The lowest BCUT2D eigenvalue weighted by atomic mass is 10.1. The second-order valence-corrected chi connectivity index (χ2v) is 5.56. The van der Waals surface area contributed by atoms with Gasteiger partial charge in [-0.05, 0) is 31.5 Å².